The molecule has 1 aromatic carbocycles. The van der Waals surface area contributed by atoms with E-state index in [4.69, 9.17) is 9.15 Å². The molecule has 30 heavy (non-hydrogen) atoms. The molecule has 5 rings (SSSR count). The van der Waals surface area contributed by atoms with Crippen LogP contribution in [0.25, 0.3) is 11.5 Å². The minimum Gasteiger partial charge on any atom is -0.497 e. The molecule has 2 N–H and O–H groups in total. The maximum absolute atomic E-state index is 13.4. The maximum atomic E-state index is 13.4. The Morgan fingerprint density at radius 3 is 2.70 bits per heavy atom. The van der Waals surface area contributed by atoms with Crippen molar-refractivity contribution in [1.82, 2.24) is 20.4 Å². The van der Waals surface area contributed by atoms with Gasteiger partial charge in [0, 0.05) is 31.6 Å². The molecular formula is C22H25ClN4O3. The van der Waals surface area contributed by atoms with E-state index >= 15 is 0 Å². The van der Waals surface area contributed by atoms with E-state index in [1.807, 2.05) is 36.1 Å². The van der Waals surface area contributed by atoms with E-state index in [1.54, 1.807) is 13.2 Å². The molecule has 0 bridgehead atoms. The van der Waals surface area contributed by atoms with Gasteiger partial charge in [-0.25, -0.2) is 0 Å². The Bertz CT molecular complexity index is 1030. The highest BCUT2D eigenvalue weighted by Crippen LogP contribution is 2.43. The molecule has 0 saturated carbocycles. The highest BCUT2D eigenvalue weighted by Gasteiger charge is 2.47. The third kappa shape index (κ3) is 3.48. The van der Waals surface area contributed by atoms with Crippen LogP contribution in [-0.4, -0.2) is 47.7 Å². The van der Waals surface area contributed by atoms with Crippen LogP contribution in [-0.2, 0) is 0 Å². The second kappa shape index (κ2) is 8.16. The van der Waals surface area contributed by atoms with Gasteiger partial charge in [-0.15, -0.1) is 12.4 Å². The summed E-state index contributed by atoms with van der Waals surface area (Å²) >= 11 is 0. The molecule has 0 unspecified atom stereocenters. The van der Waals surface area contributed by atoms with Crippen LogP contribution in [0.15, 0.2) is 46.9 Å². The Morgan fingerprint density at radius 1 is 1.20 bits per heavy atom. The van der Waals surface area contributed by atoms with Gasteiger partial charge in [-0.05, 0) is 42.7 Å². The second-order valence-electron chi connectivity index (χ2n) is 7.83. The number of furan rings is 1. The predicted molar refractivity (Wildman–Crippen MR) is 115 cm³/mol. The van der Waals surface area contributed by atoms with Crippen molar-refractivity contribution in [3.8, 4) is 17.2 Å². The highest BCUT2D eigenvalue weighted by molar-refractivity contribution is 5.93. The number of likely N-dealkylation sites (tertiary alicyclic amines) is 1. The summed E-state index contributed by atoms with van der Waals surface area (Å²) in [5, 5.41) is 10.7. The van der Waals surface area contributed by atoms with E-state index in [0.29, 0.717) is 29.0 Å². The number of carbonyl (C=O) groups is 1. The number of H-pyrrole nitrogens is 1. The lowest BCUT2D eigenvalue weighted by molar-refractivity contribution is 0.0708. The first-order valence-electron chi connectivity index (χ1n) is 9.92. The smallest absolute Gasteiger partial charge is 0.274 e. The highest BCUT2D eigenvalue weighted by atomic mass is 35.5. The predicted octanol–water partition coefficient (Wildman–Crippen LogP) is 3.44. The number of fused-ring (bicyclic) bond motifs is 1. The fraction of sp³-hybridized carbons (Fsp3) is 0.364. The lowest BCUT2D eigenvalue weighted by Crippen LogP contribution is -2.34. The topological polar surface area (TPSA) is 83.4 Å². The van der Waals surface area contributed by atoms with E-state index in [-0.39, 0.29) is 24.4 Å². The van der Waals surface area contributed by atoms with E-state index in [9.17, 15) is 4.79 Å². The summed E-state index contributed by atoms with van der Waals surface area (Å²) in [4.78, 5) is 15.4. The van der Waals surface area contributed by atoms with E-state index in [1.165, 1.54) is 0 Å². The number of aromatic nitrogens is 2. The molecule has 2 saturated heterocycles. The third-order valence-corrected chi connectivity index (χ3v) is 6.09. The summed E-state index contributed by atoms with van der Waals surface area (Å²) in [6.07, 6.45) is 0. The normalized spacial score (nSPS) is 22.6. The van der Waals surface area contributed by atoms with Gasteiger partial charge >= 0.3 is 0 Å². The molecule has 3 atom stereocenters. The molecule has 0 aliphatic carbocycles. The van der Waals surface area contributed by atoms with Gasteiger partial charge in [-0.3, -0.25) is 9.89 Å². The van der Waals surface area contributed by atoms with E-state index in [2.05, 4.69) is 27.6 Å². The zero-order valence-corrected chi connectivity index (χ0v) is 17.7. The zero-order valence-electron chi connectivity index (χ0n) is 16.9. The largest absolute Gasteiger partial charge is 0.497 e. The Balaban J connectivity index is 0.00000218. The van der Waals surface area contributed by atoms with Crippen LogP contribution in [0, 0.1) is 18.8 Å². The van der Waals surface area contributed by atoms with Crippen LogP contribution < -0.4 is 10.1 Å². The summed E-state index contributed by atoms with van der Waals surface area (Å²) in [5.74, 6) is 3.13. The van der Waals surface area contributed by atoms with Gasteiger partial charge in [0.05, 0.1) is 13.2 Å². The van der Waals surface area contributed by atoms with Gasteiger partial charge in [0.25, 0.3) is 5.91 Å². The first-order chi connectivity index (χ1) is 14.1. The summed E-state index contributed by atoms with van der Waals surface area (Å²) in [5.41, 5.74) is 2.26. The molecule has 0 radical (unpaired) electrons. The Labute approximate surface area is 181 Å². The number of hydrogen-bond donors (Lipinski definition) is 2. The number of nitrogens with one attached hydrogen (secondary N) is 2. The summed E-state index contributed by atoms with van der Waals surface area (Å²) in [6.45, 7) is 4.48. The maximum Gasteiger partial charge on any atom is 0.274 e. The SMILES string of the molecule is COc1ccc([C@H]2[C@H]3CNC[C@H]3CN2C(=O)c2cc(-c3ccc(C)o3)[nH]n2)cc1.Cl. The quantitative estimate of drug-likeness (QED) is 0.665. The van der Waals surface area contributed by atoms with Gasteiger partial charge in [0.1, 0.15) is 17.2 Å². The number of hydrogen-bond acceptors (Lipinski definition) is 5. The van der Waals surface area contributed by atoms with Gasteiger partial charge in [-0.1, -0.05) is 12.1 Å². The lowest BCUT2D eigenvalue weighted by atomic mass is 9.89. The van der Waals surface area contributed by atoms with Crippen molar-refractivity contribution in [2.45, 2.75) is 13.0 Å². The molecule has 3 aromatic rings. The minimum atomic E-state index is -0.0500. The van der Waals surface area contributed by atoms with Gasteiger partial charge in [0.15, 0.2) is 11.5 Å². The summed E-state index contributed by atoms with van der Waals surface area (Å²) in [6, 6.07) is 13.6. The average molecular weight is 429 g/mol. The second-order valence-corrected chi connectivity index (χ2v) is 7.83. The molecular weight excluding hydrogens is 404 g/mol. The molecule has 8 heteroatoms. The number of benzene rings is 1. The van der Waals surface area contributed by atoms with Crippen LogP contribution in [0.3, 0.4) is 0 Å². The number of nitrogens with zero attached hydrogens (tertiary/aromatic N) is 2. The number of halogens is 1. The number of aryl methyl sites for hydroxylation is 1. The first kappa shape index (κ1) is 20.5. The molecule has 2 aliphatic heterocycles. The van der Waals surface area contributed by atoms with Crippen LogP contribution in [0.1, 0.15) is 27.9 Å². The van der Waals surface area contributed by atoms with Crippen LogP contribution in [0.5, 0.6) is 5.75 Å². The Kier molecular flexibility index (Phi) is 5.58. The lowest BCUT2D eigenvalue weighted by Gasteiger charge is -2.28. The van der Waals surface area contributed by atoms with Crippen molar-refractivity contribution in [3.63, 3.8) is 0 Å². The van der Waals surface area contributed by atoms with Crippen molar-refractivity contribution < 1.29 is 13.9 Å². The van der Waals surface area contributed by atoms with Crippen molar-refractivity contribution in [2.24, 2.45) is 11.8 Å². The number of rotatable bonds is 4. The Morgan fingerprint density at radius 2 is 2.00 bits per heavy atom. The van der Waals surface area contributed by atoms with Gasteiger partial charge in [-0.2, -0.15) is 5.10 Å². The number of amides is 1. The first-order valence-corrected chi connectivity index (χ1v) is 9.92. The molecule has 1 amide bonds. The van der Waals surface area contributed by atoms with E-state index in [0.717, 1.165) is 36.7 Å². The van der Waals surface area contributed by atoms with Crippen LogP contribution in [0.2, 0.25) is 0 Å². The van der Waals surface area contributed by atoms with Crippen molar-refractivity contribution in [1.29, 1.82) is 0 Å². The summed E-state index contributed by atoms with van der Waals surface area (Å²) in [7, 11) is 1.66. The number of aromatic amines is 1. The number of carbonyl (C=O) groups excluding carboxylic acids is 1. The standard InChI is InChI=1S/C22H24N4O3.ClH/c1-13-3-8-20(29-13)18-9-19(25-24-18)22(27)26-12-15-10-23-11-17(15)21(26)14-4-6-16(28-2)7-5-14;/h3-9,15,17,21,23H,10-12H2,1-2H3,(H,24,25);1H/t15-,17-,21-;/m0./s1. The third-order valence-electron chi connectivity index (χ3n) is 6.09. The van der Waals surface area contributed by atoms with Crippen LogP contribution in [0.4, 0.5) is 0 Å². The molecule has 7 nitrogen and oxygen atoms in total. The van der Waals surface area contributed by atoms with Crippen molar-refractivity contribution in [2.75, 3.05) is 26.7 Å². The zero-order chi connectivity index (χ0) is 20.0. The fourth-order valence-corrected chi connectivity index (χ4v) is 4.64. The van der Waals surface area contributed by atoms with Gasteiger partial charge in [0.2, 0.25) is 0 Å². The Hall–Kier alpha value is -2.77. The molecule has 0 spiro atoms. The van der Waals surface area contributed by atoms with Crippen molar-refractivity contribution >= 4 is 18.3 Å². The monoisotopic (exact) mass is 428 g/mol. The van der Waals surface area contributed by atoms with Gasteiger partial charge < -0.3 is 19.4 Å². The molecule has 2 aromatic heterocycles. The molecule has 158 valence electrons. The number of methoxy groups -OCH3 is 1. The average Bonchev–Trinajstić information content (AvgIpc) is 3.50. The fourth-order valence-electron chi connectivity index (χ4n) is 4.64. The van der Waals surface area contributed by atoms with E-state index < -0.39 is 0 Å². The molecule has 4 heterocycles. The molecule has 2 aliphatic rings. The minimum absolute atomic E-state index is 0. The van der Waals surface area contributed by atoms with Crippen LogP contribution >= 0.6 is 12.4 Å². The summed E-state index contributed by atoms with van der Waals surface area (Å²) < 4.78 is 10.9. The molecule has 2 fully saturated rings. The number of ether oxygens (including phenoxy) is 1. The van der Waals surface area contributed by atoms with Crippen molar-refractivity contribution in [3.05, 3.63) is 59.5 Å².